The van der Waals surface area contributed by atoms with Gasteiger partial charge in [-0.3, -0.25) is 19.7 Å². The molecule has 0 radical (unpaired) electrons. The summed E-state index contributed by atoms with van der Waals surface area (Å²) in [6, 6.07) is 3.06. The molecule has 6 heteroatoms. The van der Waals surface area contributed by atoms with Crippen LogP contribution in [0.3, 0.4) is 0 Å². The Labute approximate surface area is 144 Å². The normalized spacial score (nSPS) is 33.4. The highest BCUT2D eigenvalue weighted by Gasteiger charge is 2.73. The molecule has 3 aliphatic carbocycles. The zero-order chi connectivity index (χ0) is 17.7. The number of carbonyl (C=O) groups is 2. The molecule has 0 aromatic heterocycles. The van der Waals surface area contributed by atoms with Gasteiger partial charge >= 0.3 is 0 Å². The van der Waals surface area contributed by atoms with E-state index in [2.05, 4.69) is 12.2 Å². The number of carbonyl (C=O) groups excluding carboxylic acids is 2. The summed E-state index contributed by atoms with van der Waals surface area (Å²) in [6.45, 7) is 3.62. The van der Waals surface area contributed by atoms with E-state index in [1.165, 1.54) is 6.07 Å². The van der Waals surface area contributed by atoms with Gasteiger partial charge in [-0.05, 0) is 61.1 Å². The second-order valence-corrected chi connectivity index (χ2v) is 7.92. The SMILES string of the molecule is Cc1cc(N2C(=O)[C@@H]3[C@H](C2=O)[C@H]2C=C[C@H]3C23CC3)c([N+](=O)[O-])cc1C. The molecule has 1 heterocycles. The summed E-state index contributed by atoms with van der Waals surface area (Å²) in [5.74, 6) is -0.963. The summed E-state index contributed by atoms with van der Waals surface area (Å²) in [5.41, 5.74) is 1.68. The number of hydrogen-bond acceptors (Lipinski definition) is 4. The predicted octanol–water partition coefficient (Wildman–Crippen LogP) is 2.91. The van der Waals surface area contributed by atoms with Crippen LogP contribution in [0.4, 0.5) is 11.4 Å². The maximum absolute atomic E-state index is 13.1. The molecule has 2 saturated carbocycles. The van der Waals surface area contributed by atoms with Crippen LogP contribution in [0, 0.1) is 53.0 Å². The van der Waals surface area contributed by atoms with Crippen molar-refractivity contribution < 1.29 is 14.5 Å². The van der Waals surface area contributed by atoms with E-state index in [4.69, 9.17) is 0 Å². The zero-order valence-corrected chi connectivity index (χ0v) is 14.1. The lowest BCUT2D eigenvalue weighted by Crippen LogP contribution is -2.35. The average Bonchev–Trinajstić information content (AvgIpc) is 3.15. The molecule has 4 atom stereocenters. The van der Waals surface area contributed by atoms with Gasteiger partial charge in [0.25, 0.3) is 5.69 Å². The number of imide groups is 1. The van der Waals surface area contributed by atoms with E-state index in [9.17, 15) is 19.7 Å². The Morgan fingerprint density at radius 2 is 1.56 bits per heavy atom. The molecule has 25 heavy (non-hydrogen) atoms. The van der Waals surface area contributed by atoms with Crippen molar-refractivity contribution in [3.05, 3.63) is 45.5 Å². The maximum atomic E-state index is 13.1. The minimum Gasteiger partial charge on any atom is -0.274 e. The number of nitro benzene ring substituents is 1. The molecule has 1 spiro atoms. The second-order valence-electron chi connectivity index (χ2n) is 7.92. The molecule has 1 saturated heterocycles. The lowest BCUT2D eigenvalue weighted by Gasteiger charge is -2.22. The molecular weight excluding hydrogens is 320 g/mol. The number of benzene rings is 1. The van der Waals surface area contributed by atoms with Gasteiger partial charge in [-0.1, -0.05) is 12.2 Å². The molecule has 0 unspecified atom stereocenters. The second kappa shape index (κ2) is 4.36. The van der Waals surface area contributed by atoms with Crippen molar-refractivity contribution in [2.45, 2.75) is 26.7 Å². The molecule has 3 fully saturated rings. The number of rotatable bonds is 2. The molecule has 128 valence electrons. The van der Waals surface area contributed by atoms with Crippen molar-refractivity contribution in [3.8, 4) is 0 Å². The molecule has 1 aliphatic heterocycles. The summed E-state index contributed by atoms with van der Waals surface area (Å²) in [7, 11) is 0. The molecule has 2 bridgehead atoms. The Bertz CT molecular complexity index is 865. The standard InChI is InChI=1S/C19H18N2O4/c1-9-7-13(14(21(24)25)8-10(9)2)20-17(22)15-11-3-4-12(16(15)18(20)23)19(11)5-6-19/h3-4,7-8,11-12,15-16H,5-6H2,1-2H3/t11-,12-,15-,16+/m1/s1. The van der Waals surface area contributed by atoms with Gasteiger partial charge in [0, 0.05) is 6.07 Å². The van der Waals surface area contributed by atoms with Gasteiger partial charge in [-0.2, -0.15) is 0 Å². The first-order valence-corrected chi connectivity index (χ1v) is 8.68. The fourth-order valence-electron chi connectivity index (χ4n) is 5.43. The third kappa shape index (κ3) is 1.60. The van der Waals surface area contributed by atoms with Gasteiger partial charge < -0.3 is 0 Å². The maximum Gasteiger partial charge on any atom is 0.293 e. The minimum atomic E-state index is -0.508. The molecular formula is C19H18N2O4. The molecule has 1 aromatic carbocycles. The van der Waals surface area contributed by atoms with Gasteiger partial charge in [-0.15, -0.1) is 0 Å². The summed E-state index contributed by atoms with van der Waals surface area (Å²) < 4.78 is 0. The van der Waals surface area contributed by atoms with E-state index in [0.717, 1.165) is 28.9 Å². The smallest absolute Gasteiger partial charge is 0.274 e. The van der Waals surface area contributed by atoms with Gasteiger partial charge in [0.1, 0.15) is 5.69 Å². The topological polar surface area (TPSA) is 80.5 Å². The van der Waals surface area contributed by atoms with Gasteiger partial charge in [0.15, 0.2) is 0 Å². The molecule has 0 N–H and O–H groups in total. The predicted molar refractivity (Wildman–Crippen MR) is 89.8 cm³/mol. The monoisotopic (exact) mass is 338 g/mol. The van der Waals surface area contributed by atoms with Crippen LogP contribution in [-0.4, -0.2) is 16.7 Å². The highest BCUT2D eigenvalue weighted by Crippen LogP contribution is 2.73. The lowest BCUT2D eigenvalue weighted by molar-refractivity contribution is -0.384. The van der Waals surface area contributed by atoms with Crippen molar-refractivity contribution in [2.75, 3.05) is 4.90 Å². The number of anilines is 1. The number of allylic oxidation sites excluding steroid dienone is 2. The number of fused-ring (bicyclic) bond motifs is 3. The van der Waals surface area contributed by atoms with E-state index < -0.39 is 4.92 Å². The number of nitro groups is 1. The number of amides is 2. The highest BCUT2D eigenvalue weighted by atomic mass is 16.6. The van der Waals surface area contributed by atoms with Crippen LogP contribution in [0.5, 0.6) is 0 Å². The first-order chi connectivity index (χ1) is 11.9. The molecule has 4 aliphatic rings. The Hall–Kier alpha value is -2.50. The van der Waals surface area contributed by atoms with Crippen molar-refractivity contribution in [3.63, 3.8) is 0 Å². The van der Waals surface area contributed by atoms with Crippen LogP contribution in [0.1, 0.15) is 24.0 Å². The van der Waals surface area contributed by atoms with E-state index in [0.29, 0.717) is 0 Å². The Morgan fingerprint density at radius 3 is 2.04 bits per heavy atom. The zero-order valence-electron chi connectivity index (χ0n) is 14.1. The third-order valence-electron chi connectivity index (χ3n) is 6.88. The van der Waals surface area contributed by atoms with Crippen LogP contribution in [-0.2, 0) is 9.59 Å². The third-order valence-corrected chi connectivity index (χ3v) is 6.88. The van der Waals surface area contributed by atoms with E-state index in [1.54, 1.807) is 13.0 Å². The van der Waals surface area contributed by atoms with Crippen molar-refractivity contribution in [1.82, 2.24) is 0 Å². The largest absolute Gasteiger partial charge is 0.293 e. The lowest BCUT2D eigenvalue weighted by atomic mass is 9.85. The summed E-state index contributed by atoms with van der Waals surface area (Å²) in [5, 5.41) is 11.5. The van der Waals surface area contributed by atoms with E-state index in [-0.39, 0.29) is 52.3 Å². The summed E-state index contributed by atoms with van der Waals surface area (Å²) in [6.07, 6.45) is 6.35. The summed E-state index contributed by atoms with van der Waals surface area (Å²) >= 11 is 0. The Balaban J connectivity index is 1.62. The van der Waals surface area contributed by atoms with Gasteiger partial charge in [0.05, 0.1) is 16.8 Å². The minimum absolute atomic E-state index is 0.120. The first-order valence-electron chi connectivity index (χ1n) is 8.68. The number of aryl methyl sites for hydroxylation is 2. The average molecular weight is 338 g/mol. The van der Waals surface area contributed by atoms with E-state index >= 15 is 0 Å². The molecule has 6 nitrogen and oxygen atoms in total. The van der Waals surface area contributed by atoms with Crippen molar-refractivity contribution in [1.29, 1.82) is 0 Å². The van der Waals surface area contributed by atoms with Crippen LogP contribution in [0.15, 0.2) is 24.3 Å². The van der Waals surface area contributed by atoms with Crippen molar-refractivity contribution >= 4 is 23.2 Å². The molecule has 1 aromatic rings. The fourth-order valence-corrected chi connectivity index (χ4v) is 5.43. The van der Waals surface area contributed by atoms with Crippen LogP contribution >= 0.6 is 0 Å². The van der Waals surface area contributed by atoms with Crippen LogP contribution in [0.2, 0.25) is 0 Å². The van der Waals surface area contributed by atoms with E-state index in [1.807, 2.05) is 6.92 Å². The van der Waals surface area contributed by atoms with Crippen molar-refractivity contribution in [2.24, 2.45) is 29.1 Å². The van der Waals surface area contributed by atoms with Gasteiger partial charge in [0.2, 0.25) is 11.8 Å². The first kappa shape index (κ1) is 14.8. The number of hydrogen-bond donors (Lipinski definition) is 0. The Morgan fingerprint density at radius 1 is 1.04 bits per heavy atom. The molecule has 5 rings (SSSR count). The fraction of sp³-hybridized carbons (Fsp3) is 0.474. The van der Waals surface area contributed by atoms with Crippen LogP contribution in [0.25, 0.3) is 0 Å². The van der Waals surface area contributed by atoms with Crippen LogP contribution < -0.4 is 4.90 Å². The Kier molecular flexibility index (Phi) is 2.59. The highest BCUT2D eigenvalue weighted by molar-refractivity contribution is 6.24. The summed E-state index contributed by atoms with van der Waals surface area (Å²) in [4.78, 5) is 38.3. The molecule has 2 amide bonds. The quantitative estimate of drug-likeness (QED) is 0.359. The number of nitrogens with zero attached hydrogens (tertiary/aromatic N) is 2. The van der Waals surface area contributed by atoms with Gasteiger partial charge in [-0.25, -0.2) is 4.90 Å².